The van der Waals surface area contributed by atoms with Gasteiger partial charge in [-0.15, -0.1) is 0 Å². The van der Waals surface area contributed by atoms with Crippen LogP contribution in [0.3, 0.4) is 0 Å². The molecule has 21 heavy (non-hydrogen) atoms. The van der Waals surface area contributed by atoms with E-state index in [0.29, 0.717) is 35.1 Å². The summed E-state index contributed by atoms with van der Waals surface area (Å²) in [4.78, 5) is 25.2. The minimum absolute atomic E-state index is 0.203. The zero-order chi connectivity index (χ0) is 15.0. The number of carbonyl (C=O) groups is 2. The van der Waals surface area contributed by atoms with Gasteiger partial charge in [-0.05, 0) is 12.0 Å². The van der Waals surface area contributed by atoms with Gasteiger partial charge in [0.05, 0.1) is 0 Å². The summed E-state index contributed by atoms with van der Waals surface area (Å²) >= 11 is 0. The van der Waals surface area contributed by atoms with E-state index in [1.54, 1.807) is 42.5 Å². The van der Waals surface area contributed by atoms with Gasteiger partial charge < -0.3 is 0 Å². The van der Waals surface area contributed by atoms with E-state index in [2.05, 4.69) is 0 Å². The molecule has 2 aromatic rings. The lowest BCUT2D eigenvalue weighted by Gasteiger charge is -2.21. The van der Waals surface area contributed by atoms with E-state index in [-0.39, 0.29) is 17.1 Å². The number of ketones is 2. The highest BCUT2D eigenvalue weighted by atomic mass is 19.1. The van der Waals surface area contributed by atoms with Crippen molar-refractivity contribution in [3.63, 3.8) is 0 Å². The smallest absolute Gasteiger partial charge is 0.194 e. The predicted molar refractivity (Wildman–Crippen MR) is 78.5 cm³/mol. The molecule has 0 spiro atoms. The third-order valence-corrected chi connectivity index (χ3v) is 3.86. The second kappa shape index (κ2) is 5.24. The third-order valence-electron chi connectivity index (χ3n) is 3.86. The van der Waals surface area contributed by atoms with Crippen molar-refractivity contribution in [3.8, 4) is 0 Å². The highest BCUT2D eigenvalue weighted by molar-refractivity contribution is 6.28. The van der Waals surface area contributed by atoms with Gasteiger partial charge in [0, 0.05) is 22.3 Å². The molecule has 0 radical (unpaired) electrons. The van der Waals surface area contributed by atoms with Crippen LogP contribution in [0.4, 0.5) is 4.39 Å². The normalized spacial score (nSPS) is 14.6. The summed E-state index contributed by atoms with van der Waals surface area (Å²) in [6, 6.07) is 11.6. The number of benzene rings is 2. The fraction of sp³-hybridized carbons (Fsp3) is 0.222. The van der Waals surface area contributed by atoms with Crippen molar-refractivity contribution in [1.29, 1.82) is 0 Å². The van der Waals surface area contributed by atoms with Gasteiger partial charge in [-0.2, -0.15) is 0 Å². The van der Waals surface area contributed by atoms with E-state index in [9.17, 15) is 14.0 Å². The number of fused-ring (bicyclic) bond motifs is 2. The molecule has 2 nitrogen and oxygen atoms in total. The van der Waals surface area contributed by atoms with Crippen LogP contribution in [-0.2, 0) is 0 Å². The number of alkyl halides is 1. The van der Waals surface area contributed by atoms with Crippen molar-refractivity contribution < 1.29 is 14.0 Å². The van der Waals surface area contributed by atoms with E-state index in [0.717, 1.165) is 0 Å². The summed E-state index contributed by atoms with van der Waals surface area (Å²) in [5.41, 5.74) is 1.66. The Kier molecular flexibility index (Phi) is 3.42. The number of hydrogen-bond acceptors (Lipinski definition) is 2. The Labute approximate surface area is 122 Å². The molecule has 1 aliphatic rings. The quantitative estimate of drug-likeness (QED) is 0.718. The maximum absolute atomic E-state index is 14.3. The Morgan fingerprint density at radius 3 is 2.19 bits per heavy atom. The molecule has 0 saturated heterocycles. The zero-order valence-corrected chi connectivity index (χ0v) is 11.7. The molecule has 0 aromatic heterocycles. The lowest BCUT2D eigenvalue weighted by molar-refractivity contribution is 0.0976. The third kappa shape index (κ3) is 2.09. The molecule has 0 amide bonds. The van der Waals surface area contributed by atoms with E-state index < -0.39 is 6.17 Å². The number of rotatable bonds is 3. The first-order valence-electron chi connectivity index (χ1n) is 7.10. The molecule has 2 aromatic carbocycles. The second-order valence-electron chi connectivity index (χ2n) is 5.23. The highest BCUT2D eigenvalue weighted by Crippen LogP contribution is 2.34. The molecule has 0 N–H and O–H groups in total. The topological polar surface area (TPSA) is 34.1 Å². The Hall–Kier alpha value is -2.29. The van der Waals surface area contributed by atoms with Gasteiger partial charge in [0.1, 0.15) is 6.17 Å². The first kappa shape index (κ1) is 13.7. The summed E-state index contributed by atoms with van der Waals surface area (Å²) < 4.78 is 14.3. The van der Waals surface area contributed by atoms with Crippen molar-refractivity contribution in [2.45, 2.75) is 25.9 Å². The van der Waals surface area contributed by atoms with Crippen LogP contribution in [0.15, 0.2) is 42.5 Å². The Morgan fingerprint density at radius 1 is 0.905 bits per heavy atom. The zero-order valence-electron chi connectivity index (χ0n) is 11.7. The average molecular weight is 282 g/mol. The SMILES string of the molecule is CCCC(F)c1cccc2c1C(=O)c1ccccc1C2=O. The number of carbonyl (C=O) groups excluding carboxylic acids is 2. The summed E-state index contributed by atoms with van der Waals surface area (Å²) in [5, 5.41) is 0. The van der Waals surface area contributed by atoms with Crippen LogP contribution in [0.25, 0.3) is 0 Å². The predicted octanol–water partition coefficient (Wildman–Crippen LogP) is 4.27. The lowest BCUT2D eigenvalue weighted by Crippen LogP contribution is -2.22. The van der Waals surface area contributed by atoms with Gasteiger partial charge >= 0.3 is 0 Å². The molecule has 1 aliphatic carbocycles. The van der Waals surface area contributed by atoms with Gasteiger partial charge in [-0.1, -0.05) is 55.8 Å². The Bertz CT molecular complexity index is 734. The summed E-state index contributed by atoms with van der Waals surface area (Å²) in [5.74, 6) is -0.458. The van der Waals surface area contributed by atoms with Crippen molar-refractivity contribution in [2.24, 2.45) is 0 Å². The second-order valence-corrected chi connectivity index (χ2v) is 5.23. The van der Waals surface area contributed by atoms with Crippen LogP contribution < -0.4 is 0 Å². The molecule has 3 heteroatoms. The molecular weight excluding hydrogens is 267 g/mol. The first-order valence-corrected chi connectivity index (χ1v) is 7.10. The lowest BCUT2D eigenvalue weighted by atomic mass is 9.80. The molecule has 106 valence electrons. The van der Waals surface area contributed by atoms with Crippen molar-refractivity contribution in [3.05, 3.63) is 70.3 Å². The van der Waals surface area contributed by atoms with Crippen LogP contribution in [0.1, 0.15) is 63.3 Å². The van der Waals surface area contributed by atoms with Crippen molar-refractivity contribution >= 4 is 11.6 Å². The van der Waals surface area contributed by atoms with Gasteiger partial charge in [0.15, 0.2) is 11.6 Å². The minimum Gasteiger partial charge on any atom is -0.289 e. The molecule has 0 bridgehead atoms. The monoisotopic (exact) mass is 282 g/mol. The van der Waals surface area contributed by atoms with Crippen LogP contribution >= 0.6 is 0 Å². The number of halogens is 1. The molecule has 0 fully saturated rings. The first-order chi connectivity index (χ1) is 10.1. The molecule has 1 atom stereocenters. The van der Waals surface area contributed by atoms with Crippen LogP contribution in [-0.4, -0.2) is 11.6 Å². The van der Waals surface area contributed by atoms with Gasteiger partial charge in [-0.25, -0.2) is 4.39 Å². The van der Waals surface area contributed by atoms with Gasteiger partial charge in [0.25, 0.3) is 0 Å². The summed E-state index contributed by atoms with van der Waals surface area (Å²) in [7, 11) is 0. The molecule has 0 aliphatic heterocycles. The van der Waals surface area contributed by atoms with Crippen LogP contribution in [0, 0.1) is 0 Å². The largest absolute Gasteiger partial charge is 0.289 e. The highest BCUT2D eigenvalue weighted by Gasteiger charge is 2.32. The fourth-order valence-electron chi connectivity index (χ4n) is 2.84. The maximum Gasteiger partial charge on any atom is 0.194 e. The molecule has 3 rings (SSSR count). The van der Waals surface area contributed by atoms with Gasteiger partial charge in [-0.3, -0.25) is 9.59 Å². The van der Waals surface area contributed by atoms with E-state index in [1.807, 2.05) is 6.92 Å². The van der Waals surface area contributed by atoms with E-state index in [4.69, 9.17) is 0 Å². The Morgan fingerprint density at radius 2 is 1.52 bits per heavy atom. The molecule has 0 heterocycles. The van der Waals surface area contributed by atoms with Crippen molar-refractivity contribution in [1.82, 2.24) is 0 Å². The van der Waals surface area contributed by atoms with E-state index >= 15 is 0 Å². The van der Waals surface area contributed by atoms with Gasteiger partial charge in [0.2, 0.25) is 0 Å². The molecule has 0 saturated carbocycles. The maximum atomic E-state index is 14.3. The average Bonchev–Trinajstić information content (AvgIpc) is 2.52. The molecular formula is C18H15FO2. The minimum atomic E-state index is -1.22. The number of hydrogen-bond donors (Lipinski definition) is 0. The van der Waals surface area contributed by atoms with E-state index in [1.165, 1.54) is 0 Å². The standard InChI is InChI=1S/C18H15FO2/c1-2-6-15(19)13-9-5-10-14-16(13)18(21)12-8-4-3-7-11(12)17(14)20/h3-5,7-10,15H,2,6H2,1H3. The summed E-state index contributed by atoms with van der Waals surface area (Å²) in [6.07, 6.45) is -0.185. The fourth-order valence-corrected chi connectivity index (χ4v) is 2.84. The molecule has 1 unspecified atom stereocenters. The Balaban J connectivity index is 2.21. The van der Waals surface area contributed by atoms with Crippen molar-refractivity contribution in [2.75, 3.05) is 0 Å². The van der Waals surface area contributed by atoms with Crippen LogP contribution in [0.5, 0.6) is 0 Å². The summed E-state index contributed by atoms with van der Waals surface area (Å²) in [6.45, 7) is 1.89. The van der Waals surface area contributed by atoms with Crippen LogP contribution in [0.2, 0.25) is 0 Å².